The average molecular weight is 382 g/mol. The fourth-order valence-corrected chi connectivity index (χ4v) is 3.17. The lowest BCUT2D eigenvalue weighted by atomic mass is 10.1. The molecule has 1 fully saturated rings. The third-order valence-corrected chi connectivity index (χ3v) is 4.28. The molecular weight excluding hydrogens is 356 g/mol. The largest absolute Gasteiger partial charge is 0.359 e. The van der Waals surface area contributed by atoms with Gasteiger partial charge in [-0.15, -0.1) is 0 Å². The van der Waals surface area contributed by atoms with Gasteiger partial charge in [0.1, 0.15) is 38.7 Å². The molecule has 4 atom stereocenters. The average Bonchev–Trinajstić information content (AvgIpc) is 3.26. The molecule has 1 aromatic heterocycles. The first-order chi connectivity index (χ1) is 13.3. The highest BCUT2D eigenvalue weighted by atomic mass is 16.7. The smallest absolute Gasteiger partial charge is 0.164 e. The van der Waals surface area contributed by atoms with Crippen molar-refractivity contribution in [1.29, 1.82) is 0 Å². The number of para-hydroxylation sites is 2. The van der Waals surface area contributed by atoms with Crippen molar-refractivity contribution in [3.05, 3.63) is 30.6 Å². The second-order valence-electron chi connectivity index (χ2n) is 6.06. The van der Waals surface area contributed by atoms with E-state index >= 15 is 0 Å². The molecule has 0 saturated carbocycles. The molecule has 9 heteroatoms. The van der Waals surface area contributed by atoms with Crippen LogP contribution in [0.4, 0.5) is 0 Å². The van der Waals surface area contributed by atoms with Gasteiger partial charge >= 0.3 is 0 Å². The molecule has 9 nitrogen and oxygen atoms in total. The van der Waals surface area contributed by atoms with Crippen LogP contribution in [0.1, 0.15) is 6.23 Å². The highest BCUT2D eigenvalue weighted by molar-refractivity contribution is 5.75. The summed E-state index contributed by atoms with van der Waals surface area (Å²) in [6.45, 7) is 0.673. The summed E-state index contributed by atoms with van der Waals surface area (Å²) in [5.74, 6) is 0. The molecule has 1 saturated heterocycles. The zero-order valence-corrected chi connectivity index (χ0v) is 15.8. The van der Waals surface area contributed by atoms with E-state index < -0.39 is 18.4 Å². The number of nitrogens with zero attached hydrogens (tertiary/aromatic N) is 2. The highest BCUT2D eigenvalue weighted by Gasteiger charge is 2.47. The Morgan fingerprint density at radius 3 is 2.41 bits per heavy atom. The van der Waals surface area contributed by atoms with Crippen LogP contribution < -0.4 is 0 Å². The van der Waals surface area contributed by atoms with Gasteiger partial charge in [-0.05, 0) is 12.1 Å². The number of fused-ring (bicyclic) bond motifs is 1. The summed E-state index contributed by atoms with van der Waals surface area (Å²) in [5.41, 5.74) is 1.82. The normalized spacial score (nSPS) is 25.4. The Bertz CT molecular complexity index is 695. The van der Waals surface area contributed by atoms with Gasteiger partial charge < -0.3 is 37.7 Å². The monoisotopic (exact) mass is 382 g/mol. The van der Waals surface area contributed by atoms with Gasteiger partial charge in [-0.2, -0.15) is 0 Å². The molecule has 1 aromatic carbocycles. The SMILES string of the molecule is COCOC[C@H]1O[C@@H](n2cnc3ccccc32)C(OCOC)C1OCOC. The first-order valence-electron chi connectivity index (χ1n) is 8.65. The van der Waals surface area contributed by atoms with Crippen LogP contribution in [0, 0.1) is 0 Å². The fourth-order valence-electron chi connectivity index (χ4n) is 3.17. The van der Waals surface area contributed by atoms with Crippen molar-refractivity contribution in [1.82, 2.24) is 9.55 Å². The Kier molecular flexibility index (Phi) is 7.53. The third-order valence-electron chi connectivity index (χ3n) is 4.28. The van der Waals surface area contributed by atoms with Crippen LogP contribution in [0.15, 0.2) is 30.6 Å². The molecular formula is C18H26N2O7. The van der Waals surface area contributed by atoms with Gasteiger partial charge in [0.25, 0.3) is 0 Å². The molecule has 3 rings (SSSR count). The molecule has 1 aliphatic heterocycles. The van der Waals surface area contributed by atoms with Gasteiger partial charge in [-0.25, -0.2) is 4.98 Å². The fraction of sp³-hybridized carbons (Fsp3) is 0.611. The van der Waals surface area contributed by atoms with Crippen LogP contribution >= 0.6 is 0 Å². The van der Waals surface area contributed by atoms with Crippen LogP contribution in [0.3, 0.4) is 0 Å². The maximum absolute atomic E-state index is 6.26. The lowest BCUT2D eigenvalue weighted by molar-refractivity contribution is -0.160. The van der Waals surface area contributed by atoms with Gasteiger partial charge in [-0.1, -0.05) is 12.1 Å². The first kappa shape index (κ1) is 20.2. The number of imidazole rings is 1. The zero-order valence-electron chi connectivity index (χ0n) is 15.8. The summed E-state index contributed by atoms with van der Waals surface area (Å²) < 4.78 is 40.6. The van der Waals surface area contributed by atoms with E-state index in [2.05, 4.69) is 4.98 Å². The molecule has 1 aliphatic rings. The number of methoxy groups -OCH3 is 3. The molecule has 0 amide bonds. The minimum atomic E-state index is -0.453. The molecule has 0 aliphatic carbocycles. The Morgan fingerprint density at radius 2 is 1.67 bits per heavy atom. The molecule has 2 aromatic rings. The molecule has 0 bridgehead atoms. The zero-order chi connectivity index (χ0) is 19.1. The van der Waals surface area contributed by atoms with Crippen LogP contribution in [0.5, 0.6) is 0 Å². The Balaban J connectivity index is 1.87. The third kappa shape index (κ3) is 4.64. The van der Waals surface area contributed by atoms with Crippen molar-refractivity contribution in [2.45, 2.75) is 24.5 Å². The van der Waals surface area contributed by atoms with Gasteiger partial charge in [-0.3, -0.25) is 0 Å². The van der Waals surface area contributed by atoms with Crippen LogP contribution in [0.2, 0.25) is 0 Å². The topological polar surface area (TPSA) is 82.4 Å². The van der Waals surface area contributed by atoms with Crippen molar-refractivity contribution >= 4 is 11.0 Å². The molecule has 27 heavy (non-hydrogen) atoms. The summed E-state index contributed by atoms with van der Waals surface area (Å²) in [7, 11) is 4.71. The van der Waals surface area contributed by atoms with Crippen molar-refractivity contribution in [2.24, 2.45) is 0 Å². The number of ether oxygens (including phenoxy) is 7. The Hall–Kier alpha value is -1.59. The van der Waals surface area contributed by atoms with Crippen LogP contribution in [0.25, 0.3) is 11.0 Å². The quantitative estimate of drug-likeness (QED) is 0.428. The standard InChI is InChI=1S/C18H26N2O7/c1-21-10-24-8-15-16(25-11-22-2)17(26-12-23-3)18(27-15)20-9-19-13-6-4-5-7-14(13)20/h4-7,9,15-18H,8,10-12H2,1-3H3/t15-,16?,17?,18-/m1/s1. The minimum Gasteiger partial charge on any atom is -0.359 e. The molecule has 2 heterocycles. The van der Waals surface area contributed by atoms with E-state index in [-0.39, 0.29) is 33.1 Å². The predicted octanol–water partition coefficient (Wildman–Crippen LogP) is 1.53. The van der Waals surface area contributed by atoms with Crippen molar-refractivity contribution in [3.8, 4) is 0 Å². The van der Waals surface area contributed by atoms with Crippen molar-refractivity contribution < 1.29 is 33.2 Å². The highest BCUT2D eigenvalue weighted by Crippen LogP contribution is 2.35. The summed E-state index contributed by atoms with van der Waals surface area (Å²) >= 11 is 0. The lowest BCUT2D eigenvalue weighted by Crippen LogP contribution is -2.39. The first-order valence-corrected chi connectivity index (χ1v) is 8.65. The number of hydrogen-bond donors (Lipinski definition) is 0. The van der Waals surface area contributed by atoms with E-state index in [1.54, 1.807) is 27.7 Å². The van der Waals surface area contributed by atoms with E-state index in [0.29, 0.717) is 0 Å². The molecule has 150 valence electrons. The van der Waals surface area contributed by atoms with E-state index in [4.69, 9.17) is 33.2 Å². The van der Waals surface area contributed by atoms with Crippen molar-refractivity contribution in [3.63, 3.8) is 0 Å². The Labute approximate surface area is 158 Å². The summed E-state index contributed by atoms with van der Waals surface area (Å²) in [6.07, 6.45) is 0.0652. The molecule has 0 N–H and O–H groups in total. The van der Waals surface area contributed by atoms with Gasteiger partial charge in [0.05, 0.1) is 24.0 Å². The number of benzene rings is 1. The number of hydrogen-bond acceptors (Lipinski definition) is 8. The molecule has 0 spiro atoms. The molecule has 0 radical (unpaired) electrons. The summed E-state index contributed by atoms with van der Waals surface area (Å²) in [4.78, 5) is 4.45. The molecule has 2 unspecified atom stereocenters. The van der Waals surface area contributed by atoms with E-state index in [0.717, 1.165) is 11.0 Å². The summed E-state index contributed by atoms with van der Waals surface area (Å²) in [6, 6.07) is 7.83. The van der Waals surface area contributed by atoms with Gasteiger partial charge in [0.15, 0.2) is 6.23 Å². The van der Waals surface area contributed by atoms with Crippen LogP contribution in [-0.2, 0) is 33.2 Å². The predicted molar refractivity (Wildman–Crippen MR) is 95.0 cm³/mol. The summed E-state index contributed by atoms with van der Waals surface area (Å²) in [5, 5.41) is 0. The maximum atomic E-state index is 6.26. The van der Waals surface area contributed by atoms with Crippen molar-refractivity contribution in [2.75, 3.05) is 48.3 Å². The second kappa shape index (κ2) is 10.1. The Morgan fingerprint density at radius 1 is 0.963 bits per heavy atom. The van der Waals surface area contributed by atoms with Crippen LogP contribution in [-0.4, -0.2) is 76.2 Å². The maximum Gasteiger partial charge on any atom is 0.164 e. The second-order valence-corrected chi connectivity index (χ2v) is 6.06. The minimum absolute atomic E-state index is 0.107. The van der Waals surface area contributed by atoms with Gasteiger partial charge in [0.2, 0.25) is 0 Å². The lowest BCUT2D eigenvalue weighted by Gasteiger charge is -2.24. The van der Waals surface area contributed by atoms with E-state index in [9.17, 15) is 0 Å². The number of rotatable bonds is 11. The van der Waals surface area contributed by atoms with E-state index in [1.165, 1.54) is 0 Å². The van der Waals surface area contributed by atoms with E-state index in [1.807, 2.05) is 28.8 Å². The number of aromatic nitrogens is 2. The van der Waals surface area contributed by atoms with Gasteiger partial charge in [0, 0.05) is 21.3 Å².